The number of carbonyl (C=O) groups is 1. The van der Waals surface area contributed by atoms with Gasteiger partial charge < -0.3 is 20.5 Å². The molecule has 2 aromatic rings. The summed E-state index contributed by atoms with van der Waals surface area (Å²) in [5.74, 6) is 0.368. The van der Waals surface area contributed by atoms with Crippen LogP contribution in [0.25, 0.3) is 0 Å². The second-order valence-electron chi connectivity index (χ2n) is 7.44. The van der Waals surface area contributed by atoms with Crippen LogP contribution in [0.3, 0.4) is 0 Å². The van der Waals surface area contributed by atoms with Crippen LogP contribution in [0.15, 0.2) is 64.1 Å². The van der Waals surface area contributed by atoms with Gasteiger partial charge >= 0.3 is 0 Å². The summed E-state index contributed by atoms with van der Waals surface area (Å²) in [4.78, 5) is 16.5. The Hall–Kier alpha value is -2.00. The number of carbonyl (C=O) groups excluding carboxylic acids is 1. The lowest BCUT2D eigenvalue weighted by molar-refractivity contribution is -0.113. The summed E-state index contributed by atoms with van der Waals surface area (Å²) in [5.41, 5.74) is 7.53. The van der Waals surface area contributed by atoms with E-state index in [1.54, 1.807) is 13.1 Å². The number of halogens is 1. The standard InChI is InChI=1S/C23H28BrN3O3S/c1-3-26(23-27(12-16(2)28)14-21(31-23)22(25)29)13-18-11-19(24)9-10-20(18)30-15-17-7-5-4-6-8-17/h4-11,14,16,23,28H,3,12-13,15H2,1-2H3,(H2,25,29)/t16-,23?/m0/s1. The molecule has 0 aromatic heterocycles. The van der Waals surface area contributed by atoms with Crippen molar-refractivity contribution >= 4 is 33.6 Å². The number of primary amides is 1. The number of ether oxygens (including phenoxy) is 1. The average Bonchev–Trinajstić information content (AvgIpc) is 3.15. The van der Waals surface area contributed by atoms with Gasteiger partial charge in [-0.3, -0.25) is 9.69 Å². The Bertz CT molecular complexity index is 924. The van der Waals surface area contributed by atoms with Crippen LogP contribution in [0.2, 0.25) is 0 Å². The highest BCUT2D eigenvalue weighted by Crippen LogP contribution is 2.36. The van der Waals surface area contributed by atoms with Gasteiger partial charge in [-0.25, -0.2) is 0 Å². The minimum atomic E-state index is -0.527. The maximum Gasteiger partial charge on any atom is 0.256 e. The first-order valence-electron chi connectivity index (χ1n) is 10.2. The molecule has 3 N–H and O–H groups in total. The molecule has 0 aliphatic carbocycles. The van der Waals surface area contributed by atoms with E-state index in [0.717, 1.165) is 27.9 Å². The van der Waals surface area contributed by atoms with Crippen LogP contribution in [0.1, 0.15) is 25.0 Å². The predicted octanol–water partition coefficient (Wildman–Crippen LogP) is 3.89. The number of nitrogens with two attached hydrogens (primary N) is 1. The van der Waals surface area contributed by atoms with Gasteiger partial charge in [0, 0.05) is 29.3 Å². The number of nitrogens with zero attached hydrogens (tertiary/aromatic N) is 2. The Kier molecular flexibility index (Phi) is 8.43. The molecular weight excluding hydrogens is 478 g/mol. The van der Waals surface area contributed by atoms with Gasteiger partial charge in [0.2, 0.25) is 0 Å². The number of hydrogen-bond donors (Lipinski definition) is 2. The van der Waals surface area contributed by atoms with Gasteiger partial charge in [0.15, 0.2) is 0 Å². The van der Waals surface area contributed by atoms with Crippen molar-refractivity contribution in [1.82, 2.24) is 9.80 Å². The van der Waals surface area contributed by atoms with Crippen molar-refractivity contribution in [2.45, 2.75) is 38.6 Å². The lowest BCUT2D eigenvalue weighted by Gasteiger charge is -2.35. The monoisotopic (exact) mass is 505 g/mol. The highest BCUT2D eigenvalue weighted by molar-refractivity contribution is 9.10. The normalized spacial score (nSPS) is 17.0. The number of amides is 1. The first kappa shape index (κ1) is 23.7. The van der Waals surface area contributed by atoms with E-state index < -0.39 is 12.0 Å². The summed E-state index contributed by atoms with van der Waals surface area (Å²) in [7, 11) is 0. The molecule has 8 heteroatoms. The summed E-state index contributed by atoms with van der Waals surface area (Å²) in [6.45, 7) is 6.08. The van der Waals surface area contributed by atoms with E-state index in [0.29, 0.717) is 24.6 Å². The smallest absolute Gasteiger partial charge is 0.256 e. The van der Waals surface area contributed by atoms with Crippen LogP contribution >= 0.6 is 27.7 Å². The summed E-state index contributed by atoms with van der Waals surface area (Å²) < 4.78 is 7.12. The SMILES string of the molecule is CCN(Cc1cc(Br)ccc1OCc1ccccc1)C1SC(C(N)=O)=CN1C[C@H](C)O. The van der Waals surface area contributed by atoms with Crippen molar-refractivity contribution in [3.05, 3.63) is 75.2 Å². The van der Waals surface area contributed by atoms with Crippen LogP contribution in [0.5, 0.6) is 5.75 Å². The van der Waals surface area contributed by atoms with Crippen LogP contribution in [-0.2, 0) is 17.9 Å². The zero-order chi connectivity index (χ0) is 22.4. The third kappa shape index (κ3) is 6.49. The third-order valence-electron chi connectivity index (χ3n) is 4.87. The molecule has 0 saturated carbocycles. The van der Waals surface area contributed by atoms with Crippen LogP contribution < -0.4 is 10.5 Å². The van der Waals surface area contributed by atoms with Gasteiger partial charge in [-0.15, -0.1) is 0 Å². The fourth-order valence-electron chi connectivity index (χ4n) is 3.39. The molecular formula is C23H28BrN3O3S. The molecule has 2 aromatic carbocycles. The van der Waals surface area contributed by atoms with E-state index in [1.165, 1.54) is 11.8 Å². The Morgan fingerprint density at radius 3 is 2.71 bits per heavy atom. The minimum Gasteiger partial charge on any atom is -0.489 e. The molecule has 1 heterocycles. The third-order valence-corrected chi connectivity index (χ3v) is 6.70. The molecule has 0 saturated heterocycles. The van der Waals surface area contributed by atoms with Gasteiger partial charge in [0.25, 0.3) is 5.91 Å². The van der Waals surface area contributed by atoms with Crippen LogP contribution in [-0.4, -0.2) is 45.5 Å². The molecule has 2 atom stereocenters. The molecule has 1 aliphatic rings. The molecule has 0 fully saturated rings. The molecule has 1 unspecified atom stereocenters. The second-order valence-corrected chi connectivity index (χ2v) is 9.45. The van der Waals surface area contributed by atoms with E-state index in [9.17, 15) is 9.90 Å². The summed E-state index contributed by atoms with van der Waals surface area (Å²) in [6, 6.07) is 16.1. The van der Waals surface area contributed by atoms with E-state index in [-0.39, 0.29) is 5.50 Å². The Balaban J connectivity index is 1.79. The topological polar surface area (TPSA) is 79.0 Å². The zero-order valence-corrected chi connectivity index (χ0v) is 20.1. The number of aliphatic hydroxyl groups excluding tert-OH is 1. The highest BCUT2D eigenvalue weighted by atomic mass is 79.9. The van der Waals surface area contributed by atoms with E-state index in [2.05, 4.69) is 33.8 Å². The van der Waals surface area contributed by atoms with Gasteiger partial charge in [0.05, 0.1) is 11.0 Å². The number of rotatable bonds is 10. The maximum absolute atomic E-state index is 11.8. The quantitative estimate of drug-likeness (QED) is 0.509. The van der Waals surface area contributed by atoms with Crippen molar-refractivity contribution in [1.29, 1.82) is 0 Å². The van der Waals surface area contributed by atoms with E-state index in [1.807, 2.05) is 47.4 Å². The number of hydrogen-bond acceptors (Lipinski definition) is 6. The summed E-state index contributed by atoms with van der Waals surface area (Å²) in [5, 5.41) is 9.92. The molecule has 6 nitrogen and oxygen atoms in total. The first-order valence-corrected chi connectivity index (χ1v) is 11.9. The van der Waals surface area contributed by atoms with Crippen molar-refractivity contribution in [2.75, 3.05) is 13.1 Å². The van der Waals surface area contributed by atoms with Crippen LogP contribution in [0, 0.1) is 0 Å². The fourth-order valence-corrected chi connectivity index (χ4v) is 5.00. The molecule has 0 spiro atoms. The van der Waals surface area contributed by atoms with Crippen molar-refractivity contribution in [2.24, 2.45) is 5.73 Å². The van der Waals surface area contributed by atoms with Crippen molar-refractivity contribution in [3.63, 3.8) is 0 Å². The molecule has 3 rings (SSSR count). The zero-order valence-electron chi connectivity index (χ0n) is 17.7. The molecule has 31 heavy (non-hydrogen) atoms. The largest absolute Gasteiger partial charge is 0.489 e. The Morgan fingerprint density at radius 1 is 1.32 bits per heavy atom. The Labute approximate surface area is 196 Å². The summed E-state index contributed by atoms with van der Waals surface area (Å²) in [6.07, 6.45) is 1.22. The average molecular weight is 506 g/mol. The van der Waals surface area contributed by atoms with Crippen molar-refractivity contribution in [3.8, 4) is 5.75 Å². The first-order chi connectivity index (χ1) is 14.9. The maximum atomic E-state index is 11.8. The van der Waals surface area contributed by atoms with Gasteiger partial charge in [-0.1, -0.05) is 64.9 Å². The molecule has 1 amide bonds. The minimum absolute atomic E-state index is 0.136. The van der Waals surface area contributed by atoms with Gasteiger partial charge in [-0.2, -0.15) is 0 Å². The predicted molar refractivity (Wildman–Crippen MR) is 128 cm³/mol. The molecule has 1 aliphatic heterocycles. The molecule has 0 bridgehead atoms. The van der Waals surface area contributed by atoms with Crippen molar-refractivity contribution < 1.29 is 14.6 Å². The van der Waals surface area contributed by atoms with Gasteiger partial charge in [-0.05, 0) is 37.2 Å². The summed E-state index contributed by atoms with van der Waals surface area (Å²) >= 11 is 4.98. The van der Waals surface area contributed by atoms with Crippen LogP contribution in [0.4, 0.5) is 0 Å². The highest BCUT2D eigenvalue weighted by Gasteiger charge is 2.33. The lowest BCUT2D eigenvalue weighted by atomic mass is 10.2. The van der Waals surface area contributed by atoms with E-state index >= 15 is 0 Å². The Morgan fingerprint density at radius 2 is 2.06 bits per heavy atom. The lowest BCUT2D eigenvalue weighted by Crippen LogP contribution is -2.43. The van der Waals surface area contributed by atoms with E-state index in [4.69, 9.17) is 10.5 Å². The molecule has 166 valence electrons. The number of thioether (sulfide) groups is 1. The molecule has 0 radical (unpaired) electrons. The fraction of sp³-hybridized carbons (Fsp3) is 0.348. The number of aliphatic hydroxyl groups is 1. The number of β-amino-alcohol motifs (C(OH)–C–C–N with tert-alkyl or cyclic N) is 1. The van der Waals surface area contributed by atoms with Gasteiger partial charge in [0.1, 0.15) is 17.9 Å². The second kappa shape index (κ2) is 11.0. The number of benzene rings is 2.